The lowest BCUT2D eigenvalue weighted by Crippen LogP contribution is -2.22. The minimum atomic E-state index is -1.32. The molecule has 0 spiro atoms. The molecule has 1 N–H and O–H groups in total. The number of rotatable bonds is 4. The third-order valence-corrected chi connectivity index (χ3v) is 3.57. The SMILES string of the molecule is O=C(O)C(c1ccc(-c2ccc(F)c(F)c2)cc1F)n1cccn1. The zero-order valence-corrected chi connectivity index (χ0v) is 12.2. The topological polar surface area (TPSA) is 55.1 Å². The minimum absolute atomic E-state index is 0.0856. The van der Waals surface area contributed by atoms with Gasteiger partial charge in [0, 0.05) is 18.0 Å². The van der Waals surface area contributed by atoms with Crippen LogP contribution in [-0.2, 0) is 4.79 Å². The maximum absolute atomic E-state index is 14.4. The van der Waals surface area contributed by atoms with Crippen molar-refractivity contribution < 1.29 is 23.1 Å². The van der Waals surface area contributed by atoms with E-state index >= 15 is 0 Å². The van der Waals surface area contributed by atoms with E-state index in [4.69, 9.17) is 0 Å². The third kappa shape index (κ3) is 2.88. The van der Waals surface area contributed by atoms with Gasteiger partial charge in [-0.15, -0.1) is 0 Å². The standard InChI is InChI=1S/C17H11F3N2O2/c18-13-5-3-11(9-15(13)20)10-2-4-12(14(19)8-10)16(17(23)24)22-7-1-6-21-22/h1-9,16H,(H,23,24). The van der Waals surface area contributed by atoms with Crippen molar-refractivity contribution in [3.63, 3.8) is 0 Å². The Morgan fingerprint density at radius 2 is 1.67 bits per heavy atom. The molecule has 0 aliphatic heterocycles. The maximum Gasteiger partial charge on any atom is 0.333 e. The molecule has 122 valence electrons. The number of aromatic nitrogens is 2. The van der Waals surface area contributed by atoms with Gasteiger partial charge < -0.3 is 5.11 Å². The summed E-state index contributed by atoms with van der Waals surface area (Å²) in [6.07, 6.45) is 2.81. The largest absolute Gasteiger partial charge is 0.479 e. The van der Waals surface area contributed by atoms with Gasteiger partial charge in [-0.2, -0.15) is 5.10 Å². The predicted molar refractivity (Wildman–Crippen MR) is 79.8 cm³/mol. The molecule has 1 aromatic heterocycles. The summed E-state index contributed by atoms with van der Waals surface area (Å²) in [5.74, 6) is -4.09. The molecular weight excluding hydrogens is 321 g/mol. The van der Waals surface area contributed by atoms with Crippen LogP contribution in [0.15, 0.2) is 54.9 Å². The second-order valence-electron chi connectivity index (χ2n) is 5.09. The van der Waals surface area contributed by atoms with Crippen molar-refractivity contribution in [2.24, 2.45) is 0 Å². The van der Waals surface area contributed by atoms with Gasteiger partial charge in [-0.25, -0.2) is 18.0 Å². The van der Waals surface area contributed by atoms with Crippen molar-refractivity contribution in [3.8, 4) is 11.1 Å². The van der Waals surface area contributed by atoms with E-state index in [9.17, 15) is 23.1 Å². The summed E-state index contributed by atoms with van der Waals surface area (Å²) in [7, 11) is 0. The molecule has 3 rings (SSSR count). The number of hydrogen-bond acceptors (Lipinski definition) is 2. The van der Waals surface area contributed by atoms with Crippen LogP contribution < -0.4 is 0 Å². The van der Waals surface area contributed by atoms with E-state index in [-0.39, 0.29) is 11.1 Å². The summed E-state index contributed by atoms with van der Waals surface area (Å²) < 4.78 is 41.9. The van der Waals surface area contributed by atoms with Gasteiger partial charge in [0.05, 0.1) is 0 Å². The molecule has 1 heterocycles. The van der Waals surface area contributed by atoms with Crippen molar-refractivity contribution >= 4 is 5.97 Å². The van der Waals surface area contributed by atoms with Crippen LogP contribution in [0.1, 0.15) is 11.6 Å². The van der Waals surface area contributed by atoms with Crippen LogP contribution in [0, 0.1) is 17.5 Å². The van der Waals surface area contributed by atoms with Gasteiger partial charge in [0.25, 0.3) is 0 Å². The lowest BCUT2D eigenvalue weighted by Gasteiger charge is -2.15. The second-order valence-corrected chi connectivity index (χ2v) is 5.09. The average Bonchev–Trinajstić information content (AvgIpc) is 3.05. The van der Waals surface area contributed by atoms with E-state index in [0.29, 0.717) is 5.56 Å². The number of benzene rings is 2. The molecule has 0 aliphatic carbocycles. The highest BCUT2D eigenvalue weighted by atomic mass is 19.2. The van der Waals surface area contributed by atoms with Crippen molar-refractivity contribution in [3.05, 3.63) is 77.9 Å². The summed E-state index contributed by atoms with van der Waals surface area (Å²) in [6, 6.07) is 7.25. The van der Waals surface area contributed by atoms with Gasteiger partial charge in [-0.3, -0.25) is 4.68 Å². The molecule has 1 unspecified atom stereocenters. The van der Waals surface area contributed by atoms with Gasteiger partial charge in [-0.05, 0) is 35.4 Å². The zero-order chi connectivity index (χ0) is 17.3. The van der Waals surface area contributed by atoms with Crippen LogP contribution in [-0.4, -0.2) is 20.9 Å². The van der Waals surface area contributed by atoms with Gasteiger partial charge in [0.1, 0.15) is 5.82 Å². The van der Waals surface area contributed by atoms with Crippen molar-refractivity contribution in [2.75, 3.05) is 0 Å². The van der Waals surface area contributed by atoms with Gasteiger partial charge in [-0.1, -0.05) is 18.2 Å². The molecular formula is C17H11F3N2O2. The van der Waals surface area contributed by atoms with Crippen molar-refractivity contribution in [1.29, 1.82) is 0 Å². The molecule has 24 heavy (non-hydrogen) atoms. The fourth-order valence-corrected chi connectivity index (χ4v) is 2.43. The minimum Gasteiger partial charge on any atom is -0.479 e. The number of hydrogen-bond donors (Lipinski definition) is 1. The van der Waals surface area contributed by atoms with Crippen LogP contribution in [0.3, 0.4) is 0 Å². The Hall–Kier alpha value is -3.09. The second kappa shape index (κ2) is 6.19. The highest BCUT2D eigenvalue weighted by Crippen LogP contribution is 2.27. The molecule has 0 bridgehead atoms. The van der Waals surface area contributed by atoms with Gasteiger partial charge in [0.2, 0.25) is 0 Å². The number of halogens is 3. The smallest absolute Gasteiger partial charge is 0.333 e. The lowest BCUT2D eigenvalue weighted by molar-refractivity contribution is -0.139. The summed E-state index contributed by atoms with van der Waals surface area (Å²) in [6.45, 7) is 0. The molecule has 0 saturated carbocycles. The van der Waals surface area contributed by atoms with Crippen LogP contribution in [0.25, 0.3) is 11.1 Å². The molecule has 1 atom stereocenters. The monoisotopic (exact) mass is 332 g/mol. The molecule has 0 fully saturated rings. The number of aliphatic carboxylic acids is 1. The van der Waals surface area contributed by atoms with Crippen LogP contribution in [0.2, 0.25) is 0 Å². The molecule has 2 aromatic carbocycles. The van der Waals surface area contributed by atoms with Crippen LogP contribution in [0.4, 0.5) is 13.2 Å². The Morgan fingerprint density at radius 1 is 1.00 bits per heavy atom. The molecule has 0 amide bonds. The van der Waals surface area contributed by atoms with Gasteiger partial charge in [0.15, 0.2) is 17.7 Å². The highest BCUT2D eigenvalue weighted by molar-refractivity contribution is 5.76. The summed E-state index contributed by atoms with van der Waals surface area (Å²) in [5, 5.41) is 13.2. The Labute approximate surface area is 134 Å². The fourth-order valence-electron chi connectivity index (χ4n) is 2.43. The molecule has 0 saturated heterocycles. The van der Waals surface area contributed by atoms with E-state index < -0.39 is 29.5 Å². The quantitative estimate of drug-likeness (QED) is 0.793. The fraction of sp³-hybridized carbons (Fsp3) is 0.0588. The molecule has 0 aliphatic rings. The van der Waals surface area contributed by atoms with E-state index in [1.165, 1.54) is 36.7 Å². The van der Waals surface area contributed by atoms with E-state index in [1.807, 2.05) is 0 Å². The Balaban J connectivity index is 2.03. The third-order valence-electron chi connectivity index (χ3n) is 3.57. The molecule has 3 aromatic rings. The number of nitrogens with zero attached hydrogens (tertiary/aromatic N) is 2. The van der Waals surface area contributed by atoms with Crippen LogP contribution >= 0.6 is 0 Å². The number of carboxylic acids is 1. The average molecular weight is 332 g/mol. The normalized spacial score (nSPS) is 12.1. The van der Waals surface area contributed by atoms with E-state index in [2.05, 4.69) is 5.10 Å². The molecule has 4 nitrogen and oxygen atoms in total. The Kier molecular flexibility index (Phi) is 4.07. The Morgan fingerprint density at radius 3 is 2.21 bits per heavy atom. The maximum atomic E-state index is 14.4. The first-order valence-corrected chi connectivity index (χ1v) is 6.94. The molecule has 0 radical (unpaired) electrons. The summed E-state index contributed by atoms with van der Waals surface area (Å²) in [5.41, 5.74) is 0.502. The lowest BCUT2D eigenvalue weighted by atomic mass is 10.00. The first-order valence-electron chi connectivity index (χ1n) is 6.94. The number of carboxylic acid groups (broad SMARTS) is 1. The van der Waals surface area contributed by atoms with Crippen molar-refractivity contribution in [2.45, 2.75) is 6.04 Å². The van der Waals surface area contributed by atoms with Crippen LogP contribution in [0.5, 0.6) is 0 Å². The predicted octanol–water partition coefficient (Wildman–Crippen LogP) is 3.64. The molecule has 7 heteroatoms. The Bertz CT molecular complexity index is 895. The van der Waals surface area contributed by atoms with E-state index in [1.54, 1.807) is 0 Å². The first kappa shape index (κ1) is 15.8. The zero-order valence-electron chi connectivity index (χ0n) is 12.2. The van der Waals surface area contributed by atoms with Crippen molar-refractivity contribution in [1.82, 2.24) is 9.78 Å². The van der Waals surface area contributed by atoms with E-state index in [0.717, 1.165) is 22.9 Å². The first-order chi connectivity index (χ1) is 11.5. The summed E-state index contributed by atoms with van der Waals surface area (Å²) in [4.78, 5) is 11.5. The highest BCUT2D eigenvalue weighted by Gasteiger charge is 2.25. The summed E-state index contributed by atoms with van der Waals surface area (Å²) >= 11 is 0. The number of carbonyl (C=O) groups is 1. The van der Waals surface area contributed by atoms with Gasteiger partial charge >= 0.3 is 5.97 Å².